The van der Waals surface area contributed by atoms with Gasteiger partial charge in [-0.3, -0.25) is 14.7 Å². The molecule has 0 radical (unpaired) electrons. The van der Waals surface area contributed by atoms with E-state index in [9.17, 15) is 29.3 Å². The van der Waals surface area contributed by atoms with Crippen LogP contribution in [0.25, 0.3) is 33.8 Å². The molecule has 0 spiro atoms. The number of halogens is 1. The first-order chi connectivity index (χ1) is 43.9. The van der Waals surface area contributed by atoms with E-state index in [0.717, 1.165) is 91.0 Å². The highest BCUT2D eigenvalue weighted by molar-refractivity contribution is 5.92. The highest BCUT2D eigenvalue weighted by atomic mass is 19.1. The second kappa shape index (κ2) is 26.4. The number of benzene rings is 6. The number of methoxy groups -OCH3 is 7. The van der Waals surface area contributed by atoms with Crippen LogP contribution in [0, 0.1) is 19.7 Å². The highest BCUT2D eigenvalue weighted by Crippen LogP contribution is 2.53. The Morgan fingerprint density at radius 1 is 0.637 bits per heavy atom. The zero-order valence-corrected chi connectivity index (χ0v) is 52.2. The number of aryl methyl sites for hydroxylation is 2. The summed E-state index contributed by atoms with van der Waals surface area (Å²) in [6.07, 6.45) is -5.50. The lowest BCUT2D eigenvalue weighted by atomic mass is 9.94. The SMILES string of the molecule is CC[C@@H]1c2cc(OC)c(OC)cc2-c2[nH]nc(Nc3cccc(C)c3)c21.COCC(=O)n1nc(Nc2cccc(C)c2)c2c1-c1cc(OC)c(OC)cc1C2.COc1cc2c(cc1OC)-c1nn([C@@H]3O[C@H](C(C)=O)[C@@H](O)[C@H](O)[C@H]3O)c(Nc3cccc(F)c3)c1C2. The van der Waals surface area contributed by atoms with Crippen LogP contribution in [0.2, 0.25) is 0 Å². The Balaban J connectivity index is 0.000000142. The van der Waals surface area contributed by atoms with Gasteiger partial charge in [0.25, 0.3) is 5.91 Å². The topological polar surface area (TPSA) is 269 Å². The number of aromatic nitrogens is 6. The molecule has 4 aliphatic rings. The van der Waals surface area contributed by atoms with E-state index in [4.69, 9.17) is 37.9 Å². The molecule has 22 nitrogen and oxygen atoms in total. The van der Waals surface area contributed by atoms with Crippen LogP contribution in [-0.4, -0.2) is 138 Å². The van der Waals surface area contributed by atoms with Gasteiger partial charge in [-0.15, -0.1) is 5.10 Å². The standard InChI is InChI=1S/C25H26FN3O7.C22H23N3O4.C21H23N3O2/c1-11(30)23-21(32)20(31)22(33)25(36-23)29-24(27-14-6-4-5-13(26)9-14)16-7-12-8-17(34-2)18(35-3)10-15(12)19(16)28-29;1-13-6-5-7-15(8-13)23-22-17-9-14-10-18(28-3)19(29-4)11-16(14)21(17)25(24-22)20(26)12-27-2;1-5-14-15-10-17(25-3)18(26-4)11-16(15)20-19(14)21(24-23-20)22-13-8-6-7-12(2)9-13/h4-6,8-10,20-23,25,27,31-33H,7H2,1-3H3;5-8,10-11H,9,12H2,1-4H3,(H,23,24);6-11,14H,5H2,1-4H3,(H2,22,23,24)/t20-,21-,22+,23+,25+;;14-/m0.1/s1. The fourth-order valence-corrected chi connectivity index (χ4v) is 12.3. The summed E-state index contributed by atoms with van der Waals surface area (Å²) in [4.78, 5) is 24.8. The van der Waals surface area contributed by atoms with Crippen molar-refractivity contribution in [2.24, 2.45) is 0 Å². The molecule has 4 heterocycles. The molecule has 474 valence electrons. The van der Waals surface area contributed by atoms with E-state index in [1.165, 1.54) is 59.3 Å². The number of nitrogens with one attached hydrogen (secondary N) is 4. The van der Waals surface area contributed by atoms with Crippen molar-refractivity contribution in [3.8, 4) is 68.3 Å². The van der Waals surface area contributed by atoms with Crippen molar-refractivity contribution < 1.29 is 67.2 Å². The number of Topliss-reactive ketones (excluding diaryl/α,β-unsaturated/α-hetero) is 1. The number of aromatic amines is 1. The lowest BCUT2D eigenvalue weighted by Gasteiger charge is -2.40. The molecule has 9 aromatic rings. The van der Waals surface area contributed by atoms with Crippen LogP contribution in [0.4, 0.5) is 38.9 Å². The smallest absolute Gasteiger partial charge is 0.273 e. The predicted molar refractivity (Wildman–Crippen MR) is 340 cm³/mol. The second-order valence-corrected chi connectivity index (χ2v) is 22.4. The Hall–Kier alpha value is -9.78. The molecular formula is C68H72FN9O13. The molecule has 0 unspecified atom stereocenters. The molecule has 3 aromatic heterocycles. The minimum Gasteiger partial charge on any atom is -0.493 e. The maximum atomic E-state index is 14.0. The molecule has 7 N–H and O–H groups in total. The summed E-state index contributed by atoms with van der Waals surface area (Å²) >= 11 is 0. The molecule has 3 aliphatic carbocycles. The summed E-state index contributed by atoms with van der Waals surface area (Å²) in [7, 11) is 11.1. The number of nitrogens with zero attached hydrogens (tertiary/aromatic N) is 5. The first-order valence-electron chi connectivity index (χ1n) is 29.4. The van der Waals surface area contributed by atoms with Crippen LogP contribution in [0.1, 0.15) is 81.7 Å². The lowest BCUT2D eigenvalue weighted by molar-refractivity contribution is -0.241. The number of carbonyl (C=O) groups excluding carboxylic acids is 2. The number of aliphatic hydroxyl groups excluding tert-OH is 3. The van der Waals surface area contributed by atoms with E-state index in [-0.39, 0.29) is 18.4 Å². The van der Waals surface area contributed by atoms with E-state index in [2.05, 4.69) is 74.5 Å². The Morgan fingerprint density at radius 3 is 1.75 bits per heavy atom. The Labute approximate surface area is 524 Å². The number of carbonyl (C=O) groups is 2. The molecule has 6 atom stereocenters. The molecule has 91 heavy (non-hydrogen) atoms. The minimum atomic E-state index is -1.66. The third-order valence-electron chi connectivity index (χ3n) is 16.6. The van der Waals surface area contributed by atoms with Crippen LogP contribution in [0.15, 0.2) is 109 Å². The van der Waals surface area contributed by atoms with E-state index in [1.807, 2.05) is 61.5 Å². The number of rotatable bonds is 17. The Bertz CT molecular complexity index is 4220. The molecular weight excluding hydrogens is 1170 g/mol. The fraction of sp³-hybridized carbons (Fsp3) is 0.309. The van der Waals surface area contributed by atoms with E-state index in [0.29, 0.717) is 58.9 Å². The molecule has 1 fully saturated rings. The highest BCUT2D eigenvalue weighted by Gasteiger charge is 2.48. The number of anilines is 6. The Kier molecular flexibility index (Phi) is 18.2. The largest absolute Gasteiger partial charge is 0.493 e. The maximum Gasteiger partial charge on any atom is 0.273 e. The van der Waals surface area contributed by atoms with E-state index in [1.54, 1.807) is 53.7 Å². The normalized spacial score (nSPS) is 17.7. The van der Waals surface area contributed by atoms with Crippen molar-refractivity contribution >= 4 is 46.2 Å². The van der Waals surface area contributed by atoms with Crippen molar-refractivity contribution in [3.05, 3.63) is 160 Å². The van der Waals surface area contributed by atoms with Gasteiger partial charge in [0.2, 0.25) is 0 Å². The molecule has 23 heteroatoms. The first-order valence-corrected chi connectivity index (χ1v) is 29.4. The molecule has 0 bridgehead atoms. The molecule has 1 saturated heterocycles. The number of hydrogen-bond donors (Lipinski definition) is 7. The van der Waals surface area contributed by atoms with Crippen LogP contribution >= 0.6 is 0 Å². The summed E-state index contributed by atoms with van der Waals surface area (Å²) in [5, 5.41) is 58.6. The van der Waals surface area contributed by atoms with Crippen molar-refractivity contribution in [1.29, 1.82) is 0 Å². The number of ketones is 1. The predicted octanol–water partition coefficient (Wildman–Crippen LogP) is 10.7. The average Bonchev–Trinajstić information content (AvgIpc) is 1.61. The van der Waals surface area contributed by atoms with E-state index < -0.39 is 42.2 Å². The van der Waals surface area contributed by atoms with Gasteiger partial charge in [0.1, 0.15) is 42.7 Å². The summed E-state index contributed by atoms with van der Waals surface area (Å²) in [5.41, 5.74) is 16.0. The van der Waals surface area contributed by atoms with Crippen LogP contribution < -0.4 is 44.4 Å². The number of H-pyrrole nitrogens is 1. The van der Waals surface area contributed by atoms with Crippen molar-refractivity contribution in [2.45, 2.75) is 83.5 Å². The summed E-state index contributed by atoms with van der Waals surface area (Å²) in [6, 6.07) is 33.8. The lowest BCUT2D eigenvalue weighted by Crippen LogP contribution is -2.57. The van der Waals surface area contributed by atoms with Crippen molar-refractivity contribution in [1.82, 2.24) is 29.8 Å². The van der Waals surface area contributed by atoms with Gasteiger partial charge >= 0.3 is 0 Å². The third kappa shape index (κ3) is 12.0. The fourth-order valence-electron chi connectivity index (χ4n) is 12.3. The van der Waals surface area contributed by atoms with Crippen LogP contribution in [0.3, 0.4) is 0 Å². The third-order valence-corrected chi connectivity index (χ3v) is 16.6. The van der Waals surface area contributed by atoms with Gasteiger partial charge in [-0.05, 0) is 134 Å². The molecule has 6 aromatic carbocycles. The van der Waals surface area contributed by atoms with Crippen molar-refractivity contribution in [2.75, 3.05) is 72.3 Å². The zero-order valence-electron chi connectivity index (χ0n) is 52.2. The molecule has 0 saturated carbocycles. The number of aliphatic hydroxyl groups is 3. The maximum absolute atomic E-state index is 14.0. The van der Waals surface area contributed by atoms with Gasteiger partial charge in [0.05, 0.1) is 59.7 Å². The second-order valence-electron chi connectivity index (χ2n) is 22.4. The van der Waals surface area contributed by atoms with Gasteiger partial charge in [0, 0.05) is 76.3 Å². The van der Waals surface area contributed by atoms with Gasteiger partial charge in [-0.2, -0.15) is 14.9 Å². The van der Waals surface area contributed by atoms with Crippen LogP contribution in [-0.2, 0) is 27.1 Å². The van der Waals surface area contributed by atoms with Gasteiger partial charge < -0.3 is 69.2 Å². The van der Waals surface area contributed by atoms with Crippen molar-refractivity contribution in [3.63, 3.8) is 0 Å². The minimum absolute atomic E-state index is 0.0549. The first kappa shape index (κ1) is 62.8. The zero-order chi connectivity index (χ0) is 64.5. The number of fused-ring (bicyclic) bond motifs is 9. The van der Waals surface area contributed by atoms with Crippen LogP contribution in [0.5, 0.6) is 34.5 Å². The van der Waals surface area contributed by atoms with Gasteiger partial charge in [0.15, 0.2) is 58.1 Å². The quantitative estimate of drug-likeness (QED) is 0.0446. The molecule has 0 amide bonds. The molecule has 1 aliphatic heterocycles. The molecule has 13 rings (SSSR count). The average molecular weight is 1240 g/mol. The van der Waals surface area contributed by atoms with Gasteiger partial charge in [-0.1, -0.05) is 37.3 Å². The monoisotopic (exact) mass is 1240 g/mol. The summed E-state index contributed by atoms with van der Waals surface area (Å²) in [6.45, 7) is 7.48. The van der Waals surface area contributed by atoms with Gasteiger partial charge in [-0.25, -0.2) is 9.07 Å². The Morgan fingerprint density at radius 2 is 1.18 bits per heavy atom. The summed E-state index contributed by atoms with van der Waals surface area (Å²) < 4.78 is 60.3. The number of hydrogen-bond acceptors (Lipinski definition) is 19. The van der Waals surface area contributed by atoms with E-state index >= 15 is 0 Å². The summed E-state index contributed by atoms with van der Waals surface area (Å²) in [5.74, 6) is 4.80. The number of ether oxygens (including phenoxy) is 8.